The van der Waals surface area contributed by atoms with Crippen molar-refractivity contribution >= 4 is 44.9 Å². The molecule has 0 fully saturated rings. The Bertz CT molecular complexity index is 1360. The predicted octanol–water partition coefficient (Wildman–Crippen LogP) is 3.15. The Kier molecular flexibility index (Phi) is 4.76. The van der Waals surface area contributed by atoms with E-state index < -0.39 is 0 Å². The molecule has 2 heterocycles. The number of H-pyrrole nitrogens is 2. The highest BCUT2D eigenvalue weighted by molar-refractivity contribution is 5.99. The molecule has 2 N–H and O–H groups in total. The Morgan fingerprint density at radius 2 is 1.35 bits per heavy atom. The molecule has 4 rings (SSSR count). The van der Waals surface area contributed by atoms with E-state index in [9.17, 15) is 9.59 Å². The van der Waals surface area contributed by atoms with Crippen LogP contribution in [-0.2, 0) is 0 Å². The number of aromatic nitrogens is 2. The van der Waals surface area contributed by atoms with E-state index in [0.29, 0.717) is 32.4 Å². The summed E-state index contributed by atoms with van der Waals surface area (Å²) in [4.78, 5) is 32.1. The largest absolute Gasteiger partial charge is 0.355 e. The summed E-state index contributed by atoms with van der Waals surface area (Å²) >= 11 is 0. The second-order valence-corrected chi connectivity index (χ2v) is 5.80. The van der Waals surface area contributed by atoms with Crippen molar-refractivity contribution in [1.82, 2.24) is 9.97 Å². The molecule has 0 aliphatic carbocycles. The van der Waals surface area contributed by atoms with Gasteiger partial charge in [-0.1, -0.05) is 38.1 Å². The van der Waals surface area contributed by atoms with Crippen LogP contribution in [0.25, 0.3) is 44.9 Å². The van der Waals surface area contributed by atoms with Crippen LogP contribution in [-0.4, -0.2) is 9.97 Å². The first kappa shape index (κ1) is 17.7. The van der Waals surface area contributed by atoms with E-state index in [1.807, 2.05) is 52.0 Å². The highest BCUT2D eigenvalue weighted by Gasteiger charge is 2.09. The molecule has 4 heteroatoms. The lowest BCUT2D eigenvalue weighted by Crippen LogP contribution is -2.40. The van der Waals surface area contributed by atoms with Crippen molar-refractivity contribution in [1.29, 1.82) is 0 Å². The molecule has 26 heavy (non-hydrogen) atoms. The normalized spacial score (nSPS) is 12.6. The van der Waals surface area contributed by atoms with E-state index in [0.717, 1.165) is 10.9 Å². The molecule has 2 aromatic heterocycles. The lowest BCUT2D eigenvalue weighted by Gasteiger charge is -2.05. The molecule has 132 valence electrons. The van der Waals surface area contributed by atoms with Crippen molar-refractivity contribution in [2.75, 3.05) is 0 Å². The Balaban J connectivity index is 0.000000948. The number of para-hydroxylation sites is 1. The summed E-state index contributed by atoms with van der Waals surface area (Å²) in [5.41, 5.74) is 2.05. The number of aromatic amines is 2. The Labute approximate surface area is 150 Å². The summed E-state index contributed by atoms with van der Waals surface area (Å²) in [5.74, 6) is 0. The van der Waals surface area contributed by atoms with Gasteiger partial charge in [0, 0.05) is 32.2 Å². The minimum absolute atomic E-state index is 0.0322. The van der Waals surface area contributed by atoms with Crippen LogP contribution in [0.4, 0.5) is 0 Å². The Morgan fingerprint density at radius 3 is 2.00 bits per heavy atom. The molecule has 2 aromatic carbocycles. The minimum Gasteiger partial charge on any atom is -0.355 e. The number of hydrogen-bond acceptors (Lipinski definition) is 2. The van der Waals surface area contributed by atoms with Gasteiger partial charge >= 0.3 is 0 Å². The third-order valence-electron chi connectivity index (χ3n) is 4.47. The highest BCUT2D eigenvalue weighted by atomic mass is 16.1. The van der Waals surface area contributed by atoms with E-state index >= 15 is 0 Å². The molecule has 0 aliphatic heterocycles. The maximum atomic E-state index is 12.8. The van der Waals surface area contributed by atoms with Gasteiger partial charge in [-0.3, -0.25) is 9.59 Å². The van der Waals surface area contributed by atoms with E-state index in [1.165, 1.54) is 0 Å². The Morgan fingerprint density at radius 1 is 0.731 bits per heavy atom. The molecule has 0 unspecified atom stereocenters. The van der Waals surface area contributed by atoms with Crippen molar-refractivity contribution in [3.63, 3.8) is 0 Å². The van der Waals surface area contributed by atoms with Gasteiger partial charge in [-0.25, -0.2) is 0 Å². The number of rotatable bonds is 0. The van der Waals surface area contributed by atoms with Crippen LogP contribution in [0.5, 0.6) is 0 Å². The number of hydrogen-bond donors (Lipinski definition) is 2. The molecule has 0 amide bonds. The summed E-state index contributed by atoms with van der Waals surface area (Å²) in [6.45, 7) is 7.73. The van der Waals surface area contributed by atoms with Crippen molar-refractivity contribution in [2.24, 2.45) is 0 Å². The summed E-state index contributed by atoms with van der Waals surface area (Å²) in [5, 5.41) is 3.21. The molecule has 0 radical (unpaired) electrons. The van der Waals surface area contributed by atoms with Crippen LogP contribution >= 0.6 is 0 Å². The minimum atomic E-state index is -0.0322. The number of pyridine rings is 2. The standard InChI is InChI=1S/C20H16N2O2.C2H6/c1-3-11-15(4-2)21-17-10-14-18(9-13(17)19(11)23)22-16-8-6-5-7-12(16)20(14)24;1-2/h3-10,21H,1-2H3,(H,22,24);1-2H3/b11-3+,15-4+;. The van der Waals surface area contributed by atoms with Crippen LogP contribution in [0.2, 0.25) is 0 Å². The first-order valence-electron chi connectivity index (χ1n) is 8.87. The first-order valence-corrected chi connectivity index (χ1v) is 8.87. The fourth-order valence-corrected chi connectivity index (χ4v) is 3.26. The average Bonchev–Trinajstić information content (AvgIpc) is 2.69. The van der Waals surface area contributed by atoms with E-state index in [-0.39, 0.29) is 10.9 Å². The van der Waals surface area contributed by atoms with Crippen LogP contribution < -0.4 is 21.4 Å². The predicted molar refractivity (Wildman–Crippen MR) is 111 cm³/mol. The van der Waals surface area contributed by atoms with Gasteiger partial charge in [0.05, 0.1) is 11.0 Å². The second-order valence-electron chi connectivity index (χ2n) is 5.80. The van der Waals surface area contributed by atoms with Crippen LogP contribution in [0.15, 0.2) is 46.0 Å². The monoisotopic (exact) mass is 346 g/mol. The van der Waals surface area contributed by atoms with Gasteiger partial charge in [-0.2, -0.15) is 0 Å². The van der Waals surface area contributed by atoms with Gasteiger partial charge in [0.1, 0.15) is 0 Å². The number of fused-ring (bicyclic) bond motifs is 3. The van der Waals surface area contributed by atoms with Gasteiger partial charge in [-0.05, 0) is 38.1 Å². The average molecular weight is 346 g/mol. The zero-order valence-corrected chi connectivity index (χ0v) is 15.4. The quantitative estimate of drug-likeness (QED) is 0.480. The second kappa shape index (κ2) is 7.00. The molecule has 0 aliphatic rings. The number of nitrogens with one attached hydrogen (secondary N) is 2. The molecular weight excluding hydrogens is 324 g/mol. The summed E-state index contributed by atoms with van der Waals surface area (Å²) < 4.78 is 0. The van der Waals surface area contributed by atoms with Gasteiger partial charge in [-0.15, -0.1) is 0 Å². The third kappa shape index (κ3) is 2.64. The van der Waals surface area contributed by atoms with Crippen LogP contribution in [0.3, 0.4) is 0 Å². The van der Waals surface area contributed by atoms with E-state index in [1.54, 1.807) is 24.3 Å². The number of benzene rings is 2. The topological polar surface area (TPSA) is 65.7 Å². The molecule has 4 aromatic rings. The molecule has 0 bridgehead atoms. The zero-order chi connectivity index (χ0) is 18.8. The van der Waals surface area contributed by atoms with Crippen LogP contribution in [0, 0.1) is 0 Å². The fraction of sp³-hybridized carbons (Fsp3) is 0.182. The van der Waals surface area contributed by atoms with Gasteiger partial charge in [0.2, 0.25) is 0 Å². The van der Waals surface area contributed by atoms with Crippen molar-refractivity contribution in [3.05, 3.63) is 67.4 Å². The van der Waals surface area contributed by atoms with Crippen molar-refractivity contribution < 1.29 is 0 Å². The maximum Gasteiger partial charge on any atom is 0.197 e. The van der Waals surface area contributed by atoms with Crippen molar-refractivity contribution in [2.45, 2.75) is 27.7 Å². The zero-order valence-electron chi connectivity index (χ0n) is 15.4. The summed E-state index contributed by atoms with van der Waals surface area (Å²) in [6.07, 6.45) is 3.67. The summed E-state index contributed by atoms with van der Waals surface area (Å²) in [6, 6.07) is 10.9. The smallest absolute Gasteiger partial charge is 0.197 e. The maximum absolute atomic E-state index is 12.8. The molecule has 0 atom stereocenters. The molecule has 0 saturated carbocycles. The molecule has 0 saturated heterocycles. The van der Waals surface area contributed by atoms with Gasteiger partial charge in [0.25, 0.3) is 0 Å². The molecular formula is C22H22N2O2. The van der Waals surface area contributed by atoms with Gasteiger partial charge < -0.3 is 9.97 Å². The van der Waals surface area contributed by atoms with Crippen LogP contribution in [0.1, 0.15) is 27.7 Å². The lowest BCUT2D eigenvalue weighted by molar-refractivity contribution is 1.25. The van der Waals surface area contributed by atoms with E-state index in [2.05, 4.69) is 9.97 Å². The molecule has 0 spiro atoms. The fourth-order valence-electron chi connectivity index (χ4n) is 3.26. The van der Waals surface area contributed by atoms with Gasteiger partial charge in [0.15, 0.2) is 10.9 Å². The van der Waals surface area contributed by atoms with E-state index in [4.69, 9.17) is 0 Å². The Hall–Kier alpha value is -3.14. The molecule has 4 nitrogen and oxygen atoms in total. The summed E-state index contributed by atoms with van der Waals surface area (Å²) in [7, 11) is 0. The third-order valence-corrected chi connectivity index (χ3v) is 4.47. The first-order chi connectivity index (χ1) is 12.6. The van der Waals surface area contributed by atoms with Crippen molar-refractivity contribution in [3.8, 4) is 0 Å². The highest BCUT2D eigenvalue weighted by Crippen LogP contribution is 2.18. The SMILES string of the molecule is C/C=c1/[nH]c2cc3c(=O)c4ccccc4[nH]c3cc2c(=O)/c1=C/C.CC. The lowest BCUT2D eigenvalue weighted by atomic mass is 10.1.